The molecule has 2 heterocycles. The molecule has 0 aromatic carbocycles. The summed E-state index contributed by atoms with van der Waals surface area (Å²) in [4.78, 5) is 10.7. The van der Waals surface area contributed by atoms with Crippen LogP contribution in [-0.2, 0) is 11.3 Å². The number of rotatable bonds is 3. The zero-order valence-corrected chi connectivity index (χ0v) is 8.85. The largest absolute Gasteiger partial charge is 0.480 e. The van der Waals surface area contributed by atoms with Gasteiger partial charge < -0.3 is 9.47 Å². The second-order valence-corrected chi connectivity index (χ2v) is 3.44. The minimum atomic E-state index is 0.556. The van der Waals surface area contributed by atoms with Crippen molar-refractivity contribution in [3.05, 3.63) is 18.1 Å². The fourth-order valence-electron chi connectivity index (χ4n) is 1.52. The maximum atomic E-state index is 5.28. The van der Waals surface area contributed by atoms with Crippen molar-refractivity contribution in [2.75, 3.05) is 33.4 Å². The average molecular weight is 209 g/mol. The fourth-order valence-corrected chi connectivity index (χ4v) is 1.52. The lowest BCUT2D eigenvalue weighted by molar-refractivity contribution is 0.0336. The highest BCUT2D eigenvalue weighted by atomic mass is 16.5. The third-order valence-corrected chi connectivity index (χ3v) is 2.38. The van der Waals surface area contributed by atoms with Gasteiger partial charge in [-0.25, -0.2) is 4.98 Å². The van der Waals surface area contributed by atoms with Crippen LogP contribution in [0.25, 0.3) is 0 Å². The van der Waals surface area contributed by atoms with Gasteiger partial charge in [0, 0.05) is 19.6 Å². The molecule has 0 aliphatic carbocycles. The van der Waals surface area contributed by atoms with E-state index in [2.05, 4.69) is 14.9 Å². The lowest BCUT2D eigenvalue weighted by Crippen LogP contribution is -2.35. The second-order valence-electron chi connectivity index (χ2n) is 3.44. The smallest absolute Gasteiger partial charge is 0.231 e. The Morgan fingerprint density at radius 3 is 2.73 bits per heavy atom. The molecular formula is C10H15N3O2. The number of nitrogens with zero attached hydrogens (tertiary/aromatic N) is 3. The van der Waals surface area contributed by atoms with E-state index in [-0.39, 0.29) is 0 Å². The summed E-state index contributed by atoms with van der Waals surface area (Å²) in [7, 11) is 1.59. The molecule has 1 aliphatic rings. The van der Waals surface area contributed by atoms with E-state index < -0.39 is 0 Å². The van der Waals surface area contributed by atoms with Gasteiger partial charge in [-0.15, -0.1) is 0 Å². The fraction of sp³-hybridized carbons (Fsp3) is 0.600. The van der Waals surface area contributed by atoms with E-state index in [1.165, 1.54) is 0 Å². The van der Waals surface area contributed by atoms with E-state index in [0.29, 0.717) is 5.88 Å². The van der Waals surface area contributed by atoms with Gasteiger partial charge in [-0.1, -0.05) is 0 Å². The number of hydrogen-bond acceptors (Lipinski definition) is 5. The quantitative estimate of drug-likeness (QED) is 0.717. The number of ether oxygens (including phenoxy) is 2. The standard InChI is InChI=1S/C10H15N3O2/c1-14-10-7-11-9(6-12-10)8-13-2-4-15-5-3-13/h6-7H,2-5,8H2,1H3. The second kappa shape index (κ2) is 5.04. The van der Waals surface area contributed by atoms with Gasteiger partial charge in [0.1, 0.15) is 0 Å². The first-order valence-electron chi connectivity index (χ1n) is 5.03. The van der Waals surface area contributed by atoms with Gasteiger partial charge in [0.2, 0.25) is 5.88 Å². The summed E-state index contributed by atoms with van der Waals surface area (Å²) >= 11 is 0. The zero-order valence-electron chi connectivity index (χ0n) is 8.85. The number of hydrogen-bond donors (Lipinski definition) is 0. The molecule has 1 aromatic rings. The first-order chi connectivity index (χ1) is 7.38. The van der Waals surface area contributed by atoms with Crippen LogP contribution in [0.1, 0.15) is 5.69 Å². The zero-order chi connectivity index (χ0) is 10.5. The van der Waals surface area contributed by atoms with Crippen molar-refractivity contribution in [1.29, 1.82) is 0 Å². The molecule has 0 atom stereocenters. The Labute approximate surface area is 89.0 Å². The molecule has 0 saturated carbocycles. The number of methoxy groups -OCH3 is 1. The summed E-state index contributed by atoms with van der Waals surface area (Å²) in [6.45, 7) is 4.38. The average Bonchev–Trinajstić information content (AvgIpc) is 2.31. The Morgan fingerprint density at radius 2 is 2.13 bits per heavy atom. The van der Waals surface area contributed by atoms with Crippen molar-refractivity contribution in [1.82, 2.24) is 14.9 Å². The molecule has 0 amide bonds. The van der Waals surface area contributed by atoms with E-state index in [4.69, 9.17) is 9.47 Å². The SMILES string of the molecule is COc1cnc(CN2CCOCC2)cn1. The maximum Gasteiger partial charge on any atom is 0.231 e. The molecule has 0 unspecified atom stereocenters. The molecule has 1 aromatic heterocycles. The molecule has 82 valence electrons. The van der Waals surface area contributed by atoms with Gasteiger partial charge in [0.05, 0.1) is 38.4 Å². The van der Waals surface area contributed by atoms with Crippen LogP contribution in [0.2, 0.25) is 0 Å². The molecule has 0 spiro atoms. The van der Waals surface area contributed by atoms with Crippen LogP contribution >= 0.6 is 0 Å². The van der Waals surface area contributed by atoms with Crippen molar-refractivity contribution < 1.29 is 9.47 Å². The Bertz CT molecular complexity index is 296. The molecule has 0 N–H and O–H groups in total. The van der Waals surface area contributed by atoms with Crippen LogP contribution in [-0.4, -0.2) is 48.3 Å². The van der Waals surface area contributed by atoms with E-state index in [0.717, 1.165) is 38.5 Å². The van der Waals surface area contributed by atoms with E-state index in [1.807, 2.05) is 0 Å². The number of morpholine rings is 1. The van der Waals surface area contributed by atoms with Crippen LogP contribution in [0.3, 0.4) is 0 Å². The molecule has 15 heavy (non-hydrogen) atoms. The van der Waals surface area contributed by atoms with Gasteiger partial charge >= 0.3 is 0 Å². The molecule has 1 aliphatic heterocycles. The Hall–Kier alpha value is -1.20. The number of aromatic nitrogens is 2. The lowest BCUT2D eigenvalue weighted by atomic mass is 10.3. The molecule has 2 rings (SSSR count). The summed E-state index contributed by atoms with van der Waals surface area (Å²) in [6, 6.07) is 0. The summed E-state index contributed by atoms with van der Waals surface area (Å²) < 4.78 is 10.2. The summed E-state index contributed by atoms with van der Waals surface area (Å²) in [5, 5.41) is 0. The topological polar surface area (TPSA) is 47.5 Å². The highest BCUT2D eigenvalue weighted by Crippen LogP contribution is 2.06. The van der Waals surface area contributed by atoms with Crippen molar-refractivity contribution in [2.24, 2.45) is 0 Å². The highest BCUT2D eigenvalue weighted by molar-refractivity contribution is 5.06. The van der Waals surface area contributed by atoms with Crippen LogP contribution in [0.15, 0.2) is 12.4 Å². The first-order valence-corrected chi connectivity index (χ1v) is 5.03. The van der Waals surface area contributed by atoms with E-state index >= 15 is 0 Å². The van der Waals surface area contributed by atoms with E-state index in [9.17, 15) is 0 Å². The van der Waals surface area contributed by atoms with Gasteiger partial charge in [-0.2, -0.15) is 0 Å². The molecule has 0 radical (unpaired) electrons. The van der Waals surface area contributed by atoms with Crippen LogP contribution in [0.4, 0.5) is 0 Å². The van der Waals surface area contributed by atoms with Gasteiger partial charge in [0.15, 0.2) is 0 Å². The Morgan fingerprint density at radius 1 is 1.33 bits per heavy atom. The third kappa shape index (κ3) is 2.87. The van der Waals surface area contributed by atoms with Crippen LogP contribution < -0.4 is 4.74 Å². The molecule has 1 fully saturated rings. The monoisotopic (exact) mass is 209 g/mol. The maximum absolute atomic E-state index is 5.28. The summed E-state index contributed by atoms with van der Waals surface area (Å²) in [5.74, 6) is 0.556. The lowest BCUT2D eigenvalue weighted by Gasteiger charge is -2.25. The van der Waals surface area contributed by atoms with Crippen molar-refractivity contribution in [3.8, 4) is 5.88 Å². The summed E-state index contributed by atoms with van der Waals surface area (Å²) in [6.07, 6.45) is 3.41. The molecule has 0 bridgehead atoms. The normalized spacial score (nSPS) is 17.7. The predicted octanol–water partition coefficient (Wildman–Crippen LogP) is 0.317. The van der Waals surface area contributed by atoms with E-state index in [1.54, 1.807) is 19.5 Å². The Kier molecular flexibility index (Phi) is 3.47. The molecule has 5 nitrogen and oxygen atoms in total. The van der Waals surface area contributed by atoms with Gasteiger partial charge in [-0.3, -0.25) is 9.88 Å². The first kappa shape index (κ1) is 10.3. The summed E-state index contributed by atoms with van der Waals surface area (Å²) in [5.41, 5.74) is 0.970. The third-order valence-electron chi connectivity index (χ3n) is 2.38. The van der Waals surface area contributed by atoms with Crippen LogP contribution in [0, 0.1) is 0 Å². The minimum Gasteiger partial charge on any atom is -0.480 e. The minimum absolute atomic E-state index is 0.556. The highest BCUT2D eigenvalue weighted by Gasteiger charge is 2.11. The molecule has 1 saturated heterocycles. The predicted molar refractivity (Wildman–Crippen MR) is 54.7 cm³/mol. The van der Waals surface area contributed by atoms with Crippen molar-refractivity contribution in [3.63, 3.8) is 0 Å². The van der Waals surface area contributed by atoms with Crippen molar-refractivity contribution in [2.45, 2.75) is 6.54 Å². The van der Waals surface area contributed by atoms with Crippen molar-refractivity contribution >= 4 is 0 Å². The van der Waals surface area contributed by atoms with Crippen LogP contribution in [0.5, 0.6) is 5.88 Å². The molecular weight excluding hydrogens is 194 g/mol. The molecule has 5 heteroatoms. The van der Waals surface area contributed by atoms with Gasteiger partial charge in [0.25, 0.3) is 0 Å². The van der Waals surface area contributed by atoms with Gasteiger partial charge in [-0.05, 0) is 0 Å². The Balaban J connectivity index is 1.91.